The molecule has 0 fully saturated rings. The Kier molecular flexibility index (Phi) is 3.94. The highest BCUT2D eigenvalue weighted by atomic mass is 16.3. The molecular weight excluding hydrogens is 230 g/mol. The summed E-state index contributed by atoms with van der Waals surface area (Å²) in [7, 11) is 0. The molecule has 0 atom stereocenters. The zero-order chi connectivity index (χ0) is 13.0. The van der Waals surface area contributed by atoms with Gasteiger partial charge in [-0.15, -0.1) is 0 Å². The lowest BCUT2D eigenvalue weighted by molar-refractivity contribution is -0.120. The number of hydrogen-bond donors (Lipinski definition) is 2. The molecule has 0 radical (unpaired) electrons. The average molecular weight is 247 g/mol. The quantitative estimate of drug-likeness (QED) is 0.839. The molecule has 1 aromatic carbocycles. The Morgan fingerprint density at radius 3 is 3.06 bits per heavy atom. The van der Waals surface area contributed by atoms with E-state index in [-0.39, 0.29) is 5.91 Å². The summed E-state index contributed by atoms with van der Waals surface area (Å²) in [4.78, 5) is 15.6. The zero-order valence-electron chi connectivity index (χ0n) is 10.6. The molecule has 0 saturated carbocycles. The van der Waals surface area contributed by atoms with Crippen molar-refractivity contribution in [2.24, 2.45) is 0 Å². The minimum absolute atomic E-state index is 0.0126. The number of rotatable bonds is 5. The largest absolute Gasteiger partial charge is 0.443 e. The summed E-state index contributed by atoms with van der Waals surface area (Å²) >= 11 is 0. The summed E-state index contributed by atoms with van der Waals surface area (Å²) in [5, 5.41) is 5.91. The normalized spacial score (nSPS) is 11.1. The van der Waals surface area contributed by atoms with Gasteiger partial charge in [0.05, 0.1) is 6.54 Å². The van der Waals surface area contributed by atoms with Crippen molar-refractivity contribution in [1.29, 1.82) is 0 Å². The van der Waals surface area contributed by atoms with Gasteiger partial charge >= 0.3 is 0 Å². The summed E-state index contributed by atoms with van der Waals surface area (Å²) in [6.07, 6.45) is 1.42. The maximum atomic E-state index is 11.5. The van der Waals surface area contributed by atoms with Gasteiger partial charge in [-0.05, 0) is 17.7 Å². The van der Waals surface area contributed by atoms with E-state index >= 15 is 0 Å². The molecule has 0 unspecified atom stereocenters. The smallest absolute Gasteiger partial charge is 0.234 e. The van der Waals surface area contributed by atoms with Crippen LogP contribution in [0.3, 0.4) is 0 Å². The molecule has 2 rings (SSSR count). The minimum atomic E-state index is -0.0126. The van der Waals surface area contributed by atoms with Gasteiger partial charge in [0.25, 0.3) is 0 Å². The number of fused-ring (bicyclic) bond motifs is 1. The van der Waals surface area contributed by atoms with Crippen molar-refractivity contribution in [3.8, 4) is 0 Å². The fraction of sp³-hybridized carbons (Fsp3) is 0.385. The van der Waals surface area contributed by atoms with Crippen LogP contribution in [0.2, 0.25) is 0 Å². The molecule has 96 valence electrons. The molecule has 5 heteroatoms. The number of aromatic nitrogens is 1. The predicted molar refractivity (Wildman–Crippen MR) is 69.0 cm³/mol. The van der Waals surface area contributed by atoms with Crippen LogP contribution in [0.15, 0.2) is 29.0 Å². The highest BCUT2D eigenvalue weighted by Crippen LogP contribution is 2.13. The van der Waals surface area contributed by atoms with Gasteiger partial charge in [0, 0.05) is 12.6 Å². The van der Waals surface area contributed by atoms with Gasteiger partial charge in [0.2, 0.25) is 5.91 Å². The second kappa shape index (κ2) is 5.64. The Balaban J connectivity index is 1.87. The summed E-state index contributed by atoms with van der Waals surface area (Å²) in [6.45, 7) is 4.84. The Bertz CT molecular complexity index is 534. The topological polar surface area (TPSA) is 67.2 Å². The number of nitrogens with one attached hydrogen (secondary N) is 2. The van der Waals surface area contributed by atoms with Crippen LogP contribution in [0.5, 0.6) is 0 Å². The molecule has 0 aliphatic heterocycles. The number of carbonyl (C=O) groups excluding carboxylic acids is 1. The lowest BCUT2D eigenvalue weighted by Gasteiger charge is -2.08. The van der Waals surface area contributed by atoms with Crippen molar-refractivity contribution in [3.63, 3.8) is 0 Å². The molecule has 0 saturated heterocycles. The molecule has 0 aliphatic rings. The molecule has 1 heterocycles. The lowest BCUT2D eigenvalue weighted by Crippen LogP contribution is -2.36. The SMILES string of the molecule is CC(C)NCC(=O)NCc1ccc2ncoc2c1. The third kappa shape index (κ3) is 3.30. The monoisotopic (exact) mass is 247 g/mol. The van der Waals surface area contributed by atoms with Crippen LogP contribution < -0.4 is 10.6 Å². The van der Waals surface area contributed by atoms with Crippen molar-refractivity contribution >= 4 is 17.0 Å². The standard InChI is InChI=1S/C13H17N3O2/c1-9(2)14-7-13(17)15-6-10-3-4-11-12(5-10)18-8-16-11/h3-5,8-9,14H,6-7H2,1-2H3,(H,15,17). The van der Waals surface area contributed by atoms with E-state index in [1.807, 2.05) is 32.0 Å². The van der Waals surface area contributed by atoms with Crippen molar-refractivity contribution in [2.45, 2.75) is 26.4 Å². The van der Waals surface area contributed by atoms with Crippen LogP contribution in [0.1, 0.15) is 19.4 Å². The third-order valence-corrected chi connectivity index (χ3v) is 2.56. The second-order valence-corrected chi connectivity index (χ2v) is 4.47. The average Bonchev–Trinajstić information content (AvgIpc) is 2.81. The van der Waals surface area contributed by atoms with Crippen LogP contribution in [0.4, 0.5) is 0 Å². The first kappa shape index (κ1) is 12.6. The molecule has 2 aromatic rings. The van der Waals surface area contributed by atoms with Gasteiger partial charge in [0.1, 0.15) is 5.52 Å². The highest BCUT2D eigenvalue weighted by molar-refractivity contribution is 5.78. The zero-order valence-corrected chi connectivity index (χ0v) is 10.6. The van der Waals surface area contributed by atoms with Crippen LogP contribution in [-0.4, -0.2) is 23.5 Å². The van der Waals surface area contributed by atoms with E-state index in [2.05, 4.69) is 15.6 Å². The summed E-state index contributed by atoms with van der Waals surface area (Å²) in [5.74, 6) is -0.0126. The molecule has 1 aromatic heterocycles. The van der Waals surface area contributed by atoms with Gasteiger partial charge in [-0.3, -0.25) is 4.79 Å². The molecular formula is C13H17N3O2. The summed E-state index contributed by atoms with van der Waals surface area (Å²) in [6, 6.07) is 6.01. The Hall–Kier alpha value is -1.88. The molecule has 2 N–H and O–H groups in total. The minimum Gasteiger partial charge on any atom is -0.443 e. The molecule has 18 heavy (non-hydrogen) atoms. The number of carbonyl (C=O) groups is 1. The van der Waals surface area contributed by atoms with E-state index in [4.69, 9.17) is 4.42 Å². The van der Waals surface area contributed by atoms with Gasteiger partial charge in [0.15, 0.2) is 12.0 Å². The number of nitrogens with zero attached hydrogens (tertiary/aromatic N) is 1. The van der Waals surface area contributed by atoms with Crippen LogP contribution in [0, 0.1) is 0 Å². The summed E-state index contributed by atoms with van der Waals surface area (Å²) in [5.41, 5.74) is 2.56. The van der Waals surface area contributed by atoms with E-state index in [1.165, 1.54) is 6.39 Å². The van der Waals surface area contributed by atoms with E-state index < -0.39 is 0 Å². The highest BCUT2D eigenvalue weighted by Gasteiger charge is 2.04. The number of hydrogen-bond acceptors (Lipinski definition) is 4. The first-order valence-electron chi connectivity index (χ1n) is 5.97. The van der Waals surface area contributed by atoms with Gasteiger partial charge in [-0.1, -0.05) is 19.9 Å². The number of amides is 1. The number of oxazole rings is 1. The second-order valence-electron chi connectivity index (χ2n) is 4.47. The molecule has 0 aliphatic carbocycles. The Morgan fingerprint density at radius 2 is 2.28 bits per heavy atom. The Morgan fingerprint density at radius 1 is 1.44 bits per heavy atom. The van der Waals surface area contributed by atoms with Crippen molar-refractivity contribution < 1.29 is 9.21 Å². The third-order valence-electron chi connectivity index (χ3n) is 2.56. The van der Waals surface area contributed by atoms with Crippen molar-refractivity contribution in [2.75, 3.05) is 6.54 Å². The van der Waals surface area contributed by atoms with Crippen molar-refractivity contribution in [1.82, 2.24) is 15.6 Å². The molecule has 1 amide bonds. The van der Waals surface area contributed by atoms with Crippen LogP contribution in [-0.2, 0) is 11.3 Å². The fourth-order valence-corrected chi connectivity index (χ4v) is 1.57. The first-order chi connectivity index (χ1) is 8.65. The van der Waals surface area contributed by atoms with E-state index in [9.17, 15) is 4.79 Å². The van der Waals surface area contributed by atoms with Crippen LogP contribution in [0.25, 0.3) is 11.1 Å². The Labute approximate surface area is 106 Å². The fourth-order valence-electron chi connectivity index (χ4n) is 1.57. The molecule has 5 nitrogen and oxygen atoms in total. The molecule has 0 spiro atoms. The van der Waals surface area contributed by atoms with E-state index in [0.717, 1.165) is 16.7 Å². The predicted octanol–water partition coefficient (Wildman–Crippen LogP) is 1.44. The maximum absolute atomic E-state index is 11.5. The first-order valence-corrected chi connectivity index (χ1v) is 5.97. The van der Waals surface area contributed by atoms with Crippen molar-refractivity contribution in [3.05, 3.63) is 30.2 Å². The van der Waals surface area contributed by atoms with Gasteiger partial charge in [-0.25, -0.2) is 4.98 Å². The number of benzene rings is 1. The molecule has 0 bridgehead atoms. The van der Waals surface area contributed by atoms with Gasteiger partial charge in [-0.2, -0.15) is 0 Å². The van der Waals surface area contributed by atoms with Gasteiger partial charge < -0.3 is 15.1 Å². The lowest BCUT2D eigenvalue weighted by atomic mass is 10.2. The summed E-state index contributed by atoms with van der Waals surface area (Å²) < 4.78 is 5.21. The van der Waals surface area contributed by atoms with E-state index in [1.54, 1.807) is 0 Å². The van der Waals surface area contributed by atoms with E-state index in [0.29, 0.717) is 19.1 Å². The van der Waals surface area contributed by atoms with Crippen LogP contribution >= 0.6 is 0 Å². The maximum Gasteiger partial charge on any atom is 0.234 e.